The van der Waals surface area contributed by atoms with Crippen LogP contribution in [-0.4, -0.2) is 35.3 Å². The summed E-state index contributed by atoms with van der Waals surface area (Å²) in [5.41, 5.74) is 1.09. The van der Waals surface area contributed by atoms with Crippen LogP contribution in [0.3, 0.4) is 0 Å². The Hall–Kier alpha value is -3.39. The number of methoxy groups -OCH3 is 1. The molecule has 1 saturated heterocycles. The number of benzene rings is 2. The van der Waals surface area contributed by atoms with Crippen LogP contribution in [0.15, 0.2) is 60.7 Å². The monoisotopic (exact) mass is 463 g/mol. The van der Waals surface area contributed by atoms with Crippen LogP contribution in [0, 0.1) is 5.92 Å². The Kier molecular flexibility index (Phi) is 7.57. The SMILES string of the molecule is COc1ccc(CNC(=S)Nc2nc(Oc3ccccc3)cc(N3CCCC(C)C3)n2)cc1. The zero-order valence-electron chi connectivity index (χ0n) is 19.0. The van der Waals surface area contributed by atoms with Gasteiger partial charge in [0, 0.05) is 25.7 Å². The molecule has 1 aromatic heterocycles. The van der Waals surface area contributed by atoms with Gasteiger partial charge >= 0.3 is 0 Å². The predicted octanol–water partition coefficient (Wildman–Crippen LogP) is 5.00. The van der Waals surface area contributed by atoms with E-state index in [9.17, 15) is 0 Å². The molecule has 0 saturated carbocycles. The predicted molar refractivity (Wildman–Crippen MR) is 135 cm³/mol. The van der Waals surface area contributed by atoms with E-state index in [0.29, 0.717) is 29.4 Å². The maximum absolute atomic E-state index is 6.02. The van der Waals surface area contributed by atoms with Crippen molar-refractivity contribution in [3.63, 3.8) is 0 Å². The Morgan fingerprint density at radius 1 is 1.09 bits per heavy atom. The number of thiocarbonyl (C=S) groups is 1. The lowest BCUT2D eigenvalue weighted by Gasteiger charge is -2.32. The zero-order valence-corrected chi connectivity index (χ0v) is 19.8. The molecule has 0 radical (unpaired) electrons. The second-order valence-electron chi connectivity index (χ2n) is 8.15. The Morgan fingerprint density at radius 3 is 2.61 bits per heavy atom. The van der Waals surface area contributed by atoms with Crippen molar-refractivity contribution >= 4 is 29.1 Å². The summed E-state index contributed by atoms with van der Waals surface area (Å²) in [6, 6.07) is 19.3. The maximum atomic E-state index is 6.02. The highest BCUT2D eigenvalue weighted by atomic mass is 32.1. The van der Waals surface area contributed by atoms with Gasteiger partial charge in [0.15, 0.2) is 5.11 Å². The highest BCUT2D eigenvalue weighted by molar-refractivity contribution is 7.80. The summed E-state index contributed by atoms with van der Waals surface area (Å²) in [6.45, 7) is 4.77. The summed E-state index contributed by atoms with van der Waals surface area (Å²) < 4.78 is 11.2. The van der Waals surface area contributed by atoms with Gasteiger partial charge in [-0.3, -0.25) is 0 Å². The molecular weight excluding hydrogens is 434 g/mol. The summed E-state index contributed by atoms with van der Waals surface area (Å²) >= 11 is 5.49. The summed E-state index contributed by atoms with van der Waals surface area (Å²) in [5, 5.41) is 6.77. The molecule has 1 unspecified atom stereocenters. The number of ether oxygens (including phenoxy) is 2. The molecule has 2 heterocycles. The molecule has 2 N–H and O–H groups in total. The molecular formula is C25H29N5O2S. The third-order valence-electron chi connectivity index (χ3n) is 5.47. The number of hydrogen-bond acceptors (Lipinski definition) is 6. The Balaban J connectivity index is 1.48. The first-order chi connectivity index (χ1) is 16.1. The highest BCUT2D eigenvalue weighted by Gasteiger charge is 2.20. The molecule has 1 aliphatic heterocycles. The standard InChI is InChI=1S/C25H29N5O2S/c1-18-7-6-14-30(17-18)22-15-23(32-21-8-4-3-5-9-21)28-24(27-22)29-25(33)26-16-19-10-12-20(31-2)13-11-19/h3-5,8-13,15,18H,6-7,14,16-17H2,1-2H3,(H2,26,27,28,29,33). The molecule has 1 fully saturated rings. The van der Waals surface area contributed by atoms with Crippen molar-refractivity contribution in [2.75, 3.05) is 30.4 Å². The third kappa shape index (κ3) is 6.55. The number of hydrogen-bond donors (Lipinski definition) is 2. The lowest BCUT2D eigenvalue weighted by atomic mass is 10.0. The van der Waals surface area contributed by atoms with Gasteiger partial charge in [0.25, 0.3) is 0 Å². The van der Waals surface area contributed by atoms with Crippen LogP contribution in [0.5, 0.6) is 17.4 Å². The molecule has 172 valence electrons. The fraction of sp³-hybridized carbons (Fsp3) is 0.320. The first kappa shape index (κ1) is 22.8. The molecule has 1 atom stereocenters. The highest BCUT2D eigenvalue weighted by Crippen LogP contribution is 2.27. The number of aromatic nitrogens is 2. The van der Waals surface area contributed by atoms with Gasteiger partial charge in [-0.15, -0.1) is 0 Å². The van der Waals surface area contributed by atoms with Crippen molar-refractivity contribution in [2.45, 2.75) is 26.3 Å². The molecule has 0 amide bonds. The average Bonchev–Trinajstić information content (AvgIpc) is 2.83. The number of piperidine rings is 1. The van der Waals surface area contributed by atoms with Crippen LogP contribution in [0.2, 0.25) is 0 Å². The normalized spacial score (nSPS) is 15.6. The molecule has 7 nitrogen and oxygen atoms in total. The number of anilines is 2. The molecule has 1 aliphatic rings. The lowest BCUT2D eigenvalue weighted by Crippen LogP contribution is -2.35. The molecule has 0 spiro atoms. The van der Waals surface area contributed by atoms with Gasteiger partial charge in [-0.25, -0.2) is 0 Å². The summed E-state index contributed by atoms with van der Waals surface area (Å²) in [6.07, 6.45) is 2.38. The lowest BCUT2D eigenvalue weighted by molar-refractivity contribution is 0.414. The van der Waals surface area contributed by atoms with E-state index in [2.05, 4.69) is 27.4 Å². The molecule has 2 aromatic carbocycles. The molecule has 33 heavy (non-hydrogen) atoms. The van der Waals surface area contributed by atoms with Gasteiger partial charge < -0.3 is 25.0 Å². The molecule has 0 aliphatic carbocycles. The van der Waals surface area contributed by atoms with Crippen LogP contribution in [0.1, 0.15) is 25.3 Å². The van der Waals surface area contributed by atoms with Gasteiger partial charge in [0.2, 0.25) is 11.8 Å². The van der Waals surface area contributed by atoms with Crippen LogP contribution < -0.4 is 25.0 Å². The zero-order chi connectivity index (χ0) is 23.0. The first-order valence-electron chi connectivity index (χ1n) is 11.1. The van der Waals surface area contributed by atoms with Crippen molar-refractivity contribution in [3.05, 3.63) is 66.2 Å². The van der Waals surface area contributed by atoms with Crippen LogP contribution in [-0.2, 0) is 6.54 Å². The van der Waals surface area contributed by atoms with Gasteiger partial charge in [-0.05, 0) is 60.8 Å². The van der Waals surface area contributed by atoms with E-state index in [1.165, 1.54) is 6.42 Å². The van der Waals surface area contributed by atoms with Crippen molar-refractivity contribution in [1.29, 1.82) is 0 Å². The van der Waals surface area contributed by atoms with Crippen LogP contribution >= 0.6 is 12.2 Å². The maximum Gasteiger partial charge on any atom is 0.234 e. The minimum atomic E-state index is 0.406. The number of nitrogens with one attached hydrogen (secondary N) is 2. The van der Waals surface area contributed by atoms with Gasteiger partial charge in [0.05, 0.1) is 7.11 Å². The van der Waals surface area contributed by atoms with E-state index in [1.54, 1.807) is 7.11 Å². The minimum absolute atomic E-state index is 0.406. The third-order valence-corrected chi connectivity index (χ3v) is 5.72. The van der Waals surface area contributed by atoms with E-state index in [4.69, 9.17) is 26.7 Å². The van der Waals surface area contributed by atoms with Gasteiger partial charge in [-0.1, -0.05) is 37.3 Å². The molecule has 8 heteroatoms. The quantitative estimate of drug-likeness (QED) is 0.475. The summed E-state index contributed by atoms with van der Waals surface area (Å²) in [7, 11) is 1.65. The molecule has 3 aromatic rings. The second kappa shape index (κ2) is 11.0. The van der Waals surface area contributed by atoms with E-state index < -0.39 is 0 Å². The fourth-order valence-corrected chi connectivity index (χ4v) is 3.92. The number of para-hydroxylation sites is 1. The van der Waals surface area contributed by atoms with E-state index >= 15 is 0 Å². The molecule has 4 rings (SSSR count). The van der Waals surface area contributed by atoms with E-state index in [1.807, 2.05) is 60.7 Å². The van der Waals surface area contributed by atoms with E-state index in [-0.39, 0.29) is 0 Å². The van der Waals surface area contributed by atoms with Crippen molar-refractivity contribution in [3.8, 4) is 17.4 Å². The first-order valence-corrected chi connectivity index (χ1v) is 11.5. The second-order valence-corrected chi connectivity index (χ2v) is 8.56. The van der Waals surface area contributed by atoms with Crippen molar-refractivity contribution in [2.24, 2.45) is 5.92 Å². The Labute approximate surface area is 200 Å². The Bertz CT molecular complexity index is 1060. The van der Waals surface area contributed by atoms with E-state index in [0.717, 1.165) is 42.4 Å². The van der Waals surface area contributed by atoms with Gasteiger partial charge in [-0.2, -0.15) is 9.97 Å². The van der Waals surface area contributed by atoms with Crippen LogP contribution in [0.4, 0.5) is 11.8 Å². The largest absolute Gasteiger partial charge is 0.497 e. The van der Waals surface area contributed by atoms with Crippen LogP contribution in [0.25, 0.3) is 0 Å². The summed E-state index contributed by atoms with van der Waals surface area (Å²) in [4.78, 5) is 11.6. The Morgan fingerprint density at radius 2 is 1.88 bits per heavy atom. The topological polar surface area (TPSA) is 71.5 Å². The van der Waals surface area contributed by atoms with Crippen molar-refractivity contribution in [1.82, 2.24) is 15.3 Å². The fourth-order valence-electron chi connectivity index (χ4n) is 3.76. The van der Waals surface area contributed by atoms with Crippen molar-refractivity contribution < 1.29 is 9.47 Å². The number of rotatable bonds is 7. The summed E-state index contributed by atoms with van der Waals surface area (Å²) in [5.74, 6) is 3.88. The van der Waals surface area contributed by atoms with Gasteiger partial charge in [0.1, 0.15) is 17.3 Å². The minimum Gasteiger partial charge on any atom is -0.497 e. The molecule has 0 bridgehead atoms. The number of nitrogens with zero attached hydrogens (tertiary/aromatic N) is 3. The smallest absolute Gasteiger partial charge is 0.234 e. The average molecular weight is 464 g/mol.